The molecule has 2 N–H and O–H groups in total. The molecule has 9 nitrogen and oxygen atoms in total. The van der Waals surface area contributed by atoms with E-state index in [0.717, 1.165) is 68.9 Å². The highest BCUT2D eigenvalue weighted by Gasteiger charge is 2.25. The molecule has 2 aromatic heterocycles. The van der Waals surface area contributed by atoms with Crippen molar-refractivity contribution in [3.63, 3.8) is 0 Å². The molecule has 4 rings (SSSR count). The van der Waals surface area contributed by atoms with Gasteiger partial charge in [-0.2, -0.15) is 16.7 Å². The summed E-state index contributed by atoms with van der Waals surface area (Å²) < 4.78 is 0. The number of anilines is 2. The molecule has 0 unspecified atom stereocenters. The van der Waals surface area contributed by atoms with Crippen molar-refractivity contribution in [2.24, 2.45) is 5.92 Å². The van der Waals surface area contributed by atoms with E-state index in [-0.39, 0.29) is 11.4 Å². The van der Waals surface area contributed by atoms with Crippen LogP contribution in [0.1, 0.15) is 82.0 Å². The van der Waals surface area contributed by atoms with Crippen molar-refractivity contribution < 1.29 is 14.7 Å². The molecule has 0 aliphatic carbocycles. The Hall–Kier alpha value is -3.66. The van der Waals surface area contributed by atoms with Crippen LogP contribution in [0.15, 0.2) is 60.8 Å². The van der Waals surface area contributed by atoms with Crippen molar-refractivity contribution >= 4 is 35.4 Å². The fraction of sp³-hybridized carbons (Fsp3) is 0.514. The highest BCUT2D eigenvalue weighted by molar-refractivity contribution is 7.98. The van der Waals surface area contributed by atoms with E-state index in [4.69, 9.17) is 4.98 Å². The second-order valence-electron chi connectivity index (χ2n) is 10.9. The molecule has 0 spiro atoms. The van der Waals surface area contributed by atoms with Crippen LogP contribution >= 0.6 is 11.8 Å². The maximum atomic E-state index is 13.3. The minimum atomic E-state index is -1.05. The number of rotatable bonds is 13. The number of hydrogen-bond acceptors (Lipinski definition) is 8. The van der Waals surface area contributed by atoms with Gasteiger partial charge in [0.2, 0.25) is 5.95 Å². The molecule has 3 heterocycles. The maximum Gasteiger partial charge on any atom is 0.327 e. The van der Waals surface area contributed by atoms with E-state index >= 15 is 0 Å². The summed E-state index contributed by atoms with van der Waals surface area (Å²) in [4.78, 5) is 42.9. The number of hydrogen-bond donors (Lipinski definition) is 2. The summed E-state index contributed by atoms with van der Waals surface area (Å²) in [6.45, 7) is 15.8. The number of carboxylic acids is 1. The molecule has 1 amide bonds. The molecule has 1 fully saturated rings. The van der Waals surface area contributed by atoms with Crippen molar-refractivity contribution in [1.82, 2.24) is 20.3 Å². The summed E-state index contributed by atoms with van der Waals surface area (Å²) >= 11 is 1.48. The van der Waals surface area contributed by atoms with Crippen LogP contribution < -0.4 is 15.1 Å². The van der Waals surface area contributed by atoms with E-state index in [9.17, 15) is 14.7 Å². The number of carbonyl (C=O) groups excluding carboxylic acids is 1. The van der Waals surface area contributed by atoms with E-state index in [0.29, 0.717) is 17.6 Å². The van der Waals surface area contributed by atoms with Gasteiger partial charge in [-0.05, 0) is 56.2 Å². The monoisotopic (exact) mass is 636 g/mol. The third-order valence-electron chi connectivity index (χ3n) is 7.12. The number of piperidine rings is 1. The van der Waals surface area contributed by atoms with Crippen LogP contribution in [0, 0.1) is 12.8 Å². The van der Waals surface area contributed by atoms with E-state index in [1.54, 1.807) is 12.3 Å². The number of pyridine rings is 1. The highest BCUT2D eigenvalue weighted by atomic mass is 32.2. The molecule has 3 aromatic rings. The number of benzene rings is 1. The van der Waals surface area contributed by atoms with Gasteiger partial charge in [0.1, 0.15) is 17.6 Å². The fourth-order valence-corrected chi connectivity index (χ4v) is 5.66. The zero-order valence-electron chi connectivity index (χ0n) is 27.9. The number of carbonyl (C=O) groups is 2. The number of thioether (sulfide) groups is 1. The van der Waals surface area contributed by atoms with Crippen LogP contribution in [0.3, 0.4) is 0 Å². The van der Waals surface area contributed by atoms with Gasteiger partial charge in [0.25, 0.3) is 5.91 Å². The topological polar surface area (TPSA) is 112 Å². The van der Waals surface area contributed by atoms with Gasteiger partial charge in [0.15, 0.2) is 0 Å². The highest BCUT2D eigenvalue weighted by Crippen LogP contribution is 2.24. The van der Waals surface area contributed by atoms with Crippen LogP contribution in [-0.4, -0.2) is 69.9 Å². The quantitative estimate of drug-likeness (QED) is 0.208. The summed E-state index contributed by atoms with van der Waals surface area (Å²) in [7, 11) is 0. The third kappa shape index (κ3) is 13.5. The number of aromatic nitrogens is 3. The smallest absolute Gasteiger partial charge is 0.327 e. The molecule has 1 atom stereocenters. The fourth-order valence-electron chi connectivity index (χ4n) is 4.65. The first-order chi connectivity index (χ1) is 21.8. The van der Waals surface area contributed by atoms with Crippen molar-refractivity contribution in [3.8, 4) is 0 Å². The van der Waals surface area contributed by atoms with Crippen LogP contribution in [0.4, 0.5) is 11.8 Å². The summed E-state index contributed by atoms with van der Waals surface area (Å²) in [5.41, 5.74) is 2.40. The molecular formula is C35H52N6O3S. The Morgan fingerprint density at radius 1 is 1.02 bits per heavy atom. The molecule has 0 radical (unpaired) electrons. The first kappa shape index (κ1) is 37.5. The normalized spacial score (nSPS) is 13.4. The van der Waals surface area contributed by atoms with Crippen LogP contribution in [0.2, 0.25) is 0 Å². The van der Waals surface area contributed by atoms with E-state index in [2.05, 4.69) is 45.9 Å². The van der Waals surface area contributed by atoms with E-state index < -0.39 is 17.9 Å². The van der Waals surface area contributed by atoms with Gasteiger partial charge >= 0.3 is 5.97 Å². The predicted molar refractivity (Wildman–Crippen MR) is 187 cm³/mol. The molecule has 1 aromatic carbocycles. The number of carboxylic acid groups (broad SMARTS) is 1. The number of nitrogens with zero attached hydrogens (tertiary/aromatic N) is 5. The van der Waals surface area contributed by atoms with Crippen LogP contribution in [0.5, 0.6) is 0 Å². The average molecular weight is 637 g/mol. The Labute approximate surface area is 274 Å². The lowest BCUT2D eigenvalue weighted by molar-refractivity contribution is -0.138. The number of nitrogens with one attached hydrogen (secondary N) is 1. The molecule has 0 saturated carbocycles. The molecule has 10 heteroatoms. The van der Waals surface area contributed by atoms with Crippen molar-refractivity contribution in [2.45, 2.75) is 79.0 Å². The average Bonchev–Trinajstić information content (AvgIpc) is 3.06. The van der Waals surface area contributed by atoms with Crippen LogP contribution in [-0.2, 0) is 10.5 Å². The van der Waals surface area contributed by atoms with Gasteiger partial charge in [-0.1, -0.05) is 71.0 Å². The van der Waals surface area contributed by atoms with Gasteiger partial charge in [-0.15, -0.1) is 0 Å². The summed E-state index contributed by atoms with van der Waals surface area (Å²) in [6.07, 6.45) is 5.82. The summed E-state index contributed by atoms with van der Waals surface area (Å²) in [5.74, 6) is 1.34. The Bertz CT molecular complexity index is 1250. The number of aryl methyl sites for hydroxylation is 1. The van der Waals surface area contributed by atoms with E-state index in [1.165, 1.54) is 11.8 Å². The van der Waals surface area contributed by atoms with Gasteiger partial charge in [0.05, 0.1) is 0 Å². The SMILES string of the molecule is CC.CCCN(CCC)c1cc(C(=O)N[C@@H](CSCc2ccccc2)C(=O)O)nc(N2CCC(C)CC2)n1.Cc1ccccn1. The second-order valence-corrected chi connectivity index (χ2v) is 11.9. The zero-order valence-corrected chi connectivity index (χ0v) is 28.7. The molecule has 1 aliphatic heterocycles. The summed E-state index contributed by atoms with van der Waals surface area (Å²) in [5, 5.41) is 12.5. The molecule has 1 aliphatic rings. The lowest BCUT2D eigenvalue weighted by atomic mass is 10.00. The first-order valence-electron chi connectivity index (χ1n) is 16.2. The molecule has 246 valence electrons. The summed E-state index contributed by atoms with van der Waals surface area (Å²) in [6, 6.07) is 16.4. The molecular weight excluding hydrogens is 584 g/mol. The molecule has 45 heavy (non-hydrogen) atoms. The van der Waals surface area contributed by atoms with Gasteiger partial charge in [0, 0.05) is 55.6 Å². The first-order valence-corrected chi connectivity index (χ1v) is 17.4. The largest absolute Gasteiger partial charge is 0.480 e. The van der Waals surface area contributed by atoms with Crippen LogP contribution in [0.25, 0.3) is 0 Å². The number of amides is 1. The Morgan fingerprint density at radius 3 is 2.20 bits per heavy atom. The Balaban J connectivity index is 0.000000679. The predicted octanol–water partition coefficient (Wildman–Crippen LogP) is 6.87. The number of aliphatic carboxylic acids is 1. The van der Waals surface area contributed by atoms with E-state index in [1.807, 2.05) is 69.3 Å². The van der Waals surface area contributed by atoms with Crippen molar-refractivity contribution in [2.75, 3.05) is 41.7 Å². The Kier molecular flexibility index (Phi) is 17.6. The van der Waals surface area contributed by atoms with Gasteiger partial charge < -0.3 is 20.2 Å². The second kappa shape index (κ2) is 21.1. The third-order valence-corrected chi connectivity index (χ3v) is 8.23. The van der Waals surface area contributed by atoms with Gasteiger partial charge in [-0.3, -0.25) is 9.78 Å². The zero-order chi connectivity index (χ0) is 33.0. The molecule has 0 bridgehead atoms. The Morgan fingerprint density at radius 2 is 1.67 bits per heavy atom. The minimum absolute atomic E-state index is 0.213. The lowest BCUT2D eigenvalue weighted by Gasteiger charge is -2.31. The van der Waals surface area contributed by atoms with Crippen molar-refractivity contribution in [3.05, 3.63) is 77.7 Å². The minimum Gasteiger partial charge on any atom is -0.480 e. The lowest BCUT2D eigenvalue weighted by Crippen LogP contribution is -2.43. The van der Waals surface area contributed by atoms with Gasteiger partial charge in [-0.25, -0.2) is 9.78 Å². The maximum absolute atomic E-state index is 13.3. The van der Waals surface area contributed by atoms with Crippen molar-refractivity contribution in [1.29, 1.82) is 0 Å². The standard InChI is InChI=1S/C27H39N5O3S.C6H7N.C2H6/c1-4-13-31(14-5-2)24-17-22(29-27(30-24)32-15-11-20(3)12-16-32)25(33)28-23(26(34)35)19-36-18-21-9-7-6-8-10-21;1-6-4-2-3-5-7-6;1-2/h6-10,17,20,23H,4-5,11-16,18-19H2,1-3H3,(H,28,33)(H,34,35);2-5H,1H3;1-2H3/t23-;;/m0../s1. The molecule has 1 saturated heterocycles.